The number of carbonyl (C=O) groups excluding carboxylic acids is 1. The summed E-state index contributed by atoms with van der Waals surface area (Å²) >= 11 is 0. The van der Waals surface area contributed by atoms with Gasteiger partial charge in [0.15, 0.2) is 0 Å². The second kappa shape index (κ2) is 7.00. The van der Waals surface area contributed by atoms with Crippen molar-refractivity contribution >= 4 is 5.91 Å². The van der Waals surface area contributed by atoms with Crippen LogP contribution in [0.1, 0.15) is 44.1 Å². The van der Waals surface area contributed by atoms with Crippen LogP contribution < -0.4 is 5.32 Å². The second-order valence-electron chi connectivity index (χ2n) is 7.07. The molecule has 2 fully saturated rings. The summed E-state index contributed by atoms with van der Waals surface area (Å²) in [5.41, 5.74) is 0.408. The van der Waals surface area contributed by atoms with Crippen LogP contribution in [-0.2, 0) is 10.2 Å². The van der Waals surface area contributed by atoms with Gasteiger partial charge >= 0.3 is 0 Å². The van der Waals surface area contributed by atoms with Crippen LogP contribution in [0, 0.1) is 11.7 Å². The molecular weight excluding hydrogens is 291 g/mol. The molecule has 1 heterocycles. The van der Waals surface area contributed by atoms with Gasteiger partial charge in [0.1, 0.15) is 5.82 Å². The third-order valence-corrected chi connectivity index (χ3v) is 5.70. The van der Waals surface area contributed by atoms with Crippen molar-refractivity contribution in [2.75, 3.05) is 26.7 Å². The maximum Gasteiger partial charge on any atom is 0.233 e. The summed E-state index contributed by atoms with van der Waals surface area (Å²) in [6, 6.07) is 6.64. The summed E-state index contributed by atoms with van der Waals surface area (Å²) in [6.45, 7) is 2.75. The highest BCUT2D eigenvalue weighted by molar-refractivity contribution is 5.89. The Morgan fingerprint density at radius 3 is 2.65 bits per heavy atom. The first kappa shape index (κ1) is 16.4. The van der Waals surface area contributed by atoms with Crippen molar-refractivity contribution in [2.24, 2.45) is 5.92 Å². The molecule has 1 saturated heterocycles. The molecule has 1 saturated carbocycles. The molecule has 3 nitrogen and oxygen atoms in total. The van der Waals surface area contributed by atoms with Crippen molar-refractivity contribution in [1.29, 1.82) is 0 Å². The number of hydrogen-bond donors (Lipinski definition) is 1. The van der Waals surface area contributed by atoms with Gasteiger partial charge in [0.2, 0.25) is 5.91 Å². The molecule has 2 aliphatic rings. The predicted octanol–water partition coefficient (Wildman–Crippen LogP) is 3.10. The van der Waals surface area contributed by atoms with E-state index in [0.717, 1.165) is 63.2 Å². The third-order valence-electron chi connectivity index (χ3n) is 5.70. The van der Waals surface area contributed by atoms with Crippen LogP contribution in [0.5, 0.6) is 0 Å². The lowest BCUT2D eigenvalue weighted by Gasteiger charge is -2.45. The van der Waals surface area contributed by atoms with Gasteiger partial charge in [0.05, 0.1) is 5.41 Å². The van der Waals surface area contributed by atoms with Crippen molar-refractivity contribution in [3.8, 4) is 0 Å². The standard InChI is InChI=1S/C19H27FN2O/c1-21-11-6-15-7-12-22(13-8-15)18(23)19(9-3-10-19)16-4-2-5-17(20)14-16/h2,4-5,14-15,21H,3,6-13H2,1H3. The maximum absolute atomic E-state index is 13.6. The molecular formula is C19H27FN2O. The zero-order valence-corrected chi connectivity index (χ0v) is 14.0. The van der Waals surface area contributed by atoms with Crippen molar-refractivity contribution < 1.29 is 9.18 Å². The molecule has 0 bridgehead atoms. The molecule has 126 valence electrons. The van der Waals surface area contributed by atoms with Gasteiger partial charge in [-0.3, -0.25) is 4.79 Å². The molecule has 23 heavy (non-hydrogen) atoms. The minimum absolute atomic E-state index is 0.224. The monoisotopic (exact) mass is 318 g/mol. The van der Waals surface area contributed by atoms with E-state index in [0.29, 0.717) is 0 Å². The summed E-state index contributed by atoms with van der Waals surface area (Å²) in [6.07, 6.45) is 6.14. The number of halogens is 1. The van der Waals surface area contributed by atoms with Gasteiger partial charge in [-0.05, 0) is 69.3 Å². The van der Waals surface area contributed by atoms with Crippen LogP contribution in [0.3, 0.4) is 0 Å². The average Bonchev–Trinajstić information content (AvgIpc) is 2.52. The van der Waals surface area contributed by atoms with E-state index in [9.17, 15) is 9.18 Å². The SMILES string of the molecule is CNCCC1CCN(C(=O)C2(c3cccc(F)c3)CCC2)CC1. The molecule has 0 radical (unpaired) electrons. The molecule has 1 aliphatic heterocycles. The highest BCUT2D eigenvalue weighted by Crippen LogP contribution is 2.45. The van der Waals surface area contributed by atoms with Crippen LogP contribution in [0.4, 0.5) is 4.39 Å². The van der Waals surface area contributed by atoms with E-state index in [1.807, 2.05) is 18.0 Å². The van der Waals surface area contributed by atoms with Crippen LogP contribution in [-0.4, -0.2) is 37.5 Å². The largest absolute Gasteiger partial charge is 0.342 e. The molecule has 0 atom stereocenters. The number of carbonyl (C=O) groups is 1. The Bertz CT molecular complexity index is 548. The van der Waals surface area contributed by atoms with E-state index in [-0.39, 0.29) is 11.7 Å². The number of hydrogen-bond acceptors (Lipinski definition) is 2. The number of piperidine rings is 1. The normalized spacial score (nSPS) is 21.0. The first-order valence-electron chi connectivity index (χ1n) is 8.86. The Kier molecular flexibility index (Phi) is 5.00. The zero-order valence-electron chi connectivity index (χ0n) is 14.0. The van der Waals surface area contributed by atoms with Crippen LogP contribution in [0.15, 0.2) is 24.3 Å². The third kappa shape index (κ3) is 3.27. The van der Waals surface area contributed by atoms with Crippen molar-refractivity contribution in [1.82, 2.24) is 10.2 Å². The zero-order chi connectivity index (χ0) is 16.3. The van der Waals surface area contributed by atoms with Gasteiger partial charge in [-0.15, -0.1) is 0 Å². The second-order valence-corrected chi connectivity index (χ2v) is 7.07. The molecule has 1 aliphatic carbocycles. The Morgan fingerprint density at radius 1 is 1.35 bits per heavy atom. The van der Waals surface area contributed by atoms with E-state index >= 15 is 0 Å². The van der Waals surface area contributed by atoms with E-state index in [4.69, 9.17) is 0 Å². The summed E-state index contributed by atoms with van der Waals surface area (Å²) in [5.74, 6) is 0.701. The fraction of sp³-hybridized carbons (Fsp3) is 0.632. The fourth-order valence-corrected chi connectivity index (χ4v) is 4.02. The van der Waals surface area contributed by atoms with E-state index in [2.05, 4.69) is 5.32 Å². The quantitative estimate of drug-likeness (QED) is 0.905. The molecule has 0 unspecified atom stereocenters. The van der Waals surface area contributed by atoms with E-state index in [1.54, 1.807) is 12.1 Å². The van der Waals surface area contributed by atoms with Gasteiger partial charge < -0.3 is 10.2 Å². The lowest BCUT2D eigenvalue weighted by atomic mass is 9.63. The molecule has 3 rings (SSSR count). The Hall–Kier alpha value is -1.42. The number of nitrogens with zero attached hydrogens (tertiary/aromatic N) is 1. The van der Waals surface area contributed by atoms with Gasteiger partial charge in [0, 0.05) is 13.1 Å². The van der Waals surface area contributed by atoms with Crippen LogP contribution >= 0.6 is 0 Å². The molecule has 1 aromatic rings. The first-order chi connectivity index (χ1) is 11.2. The molecule has 1 amide bonds. The van der Waals surface area contributed by atoms with Crippen LogP contribution in [0.25, 0.3) is 0 Å². The number of rotatable bonds is 5. The van der Waals surface area contributed by atoms with Gasteiger partial charge in [-0.1, -0.05) is 18.6 Å². The topological polar surface area (TPSA) is 32.3 Å². The highest BCUT2D eigenvalue weighted by atomic mass is 19.1. The number of nitrogens with one attached hydrogen (secondary N) is 1. The maximum atomic E-state index is 13.6. The highest BCUT2D eigenvalue weighted by Gasteiger charge is 2.48. The molecule has 4 heteroatoms. The Balaban J connectivity index is 1.67. The van der Waals surface area contributed by atoms with Crippen LogP contribution in [0.2, 0.25) is 0 Å². The van der Waals surface area contributed by atoms with Crippen molar-refractivity contribution in [2.45, 2.75) is 43.9 Å². The number of amides is 1. The molecule has 0 spiro atoms. The summed E-state index contributed by atoms with van der Waals surface area (Å²) in [7, 11) is 1.98. The number of benzene rings is 1. The predicted molar refractivity (Wildman–Crippen MR) is 89.8 cm³/mol. The Morgan fingerprint density at radius 2 is 2.09 bits per heavy atom. The molecule has 1 aromatic carbocycles. The Labute approximate surface area is 138 Å². The first-order valence-corrected chi connectivity index (χ1v) is 8.86. The summed E-state index contributed by atoms with van der Waals surface area (Å²) in [5, 5.41) is 3.20. The van der Waals surface area contributed by atoms with E-state index in [1.165, 1.54) is 12.5 Å². The van der Waals surface area contributed by atoms with Crippen molar-refractivity contribution in [3.63, 3.8) is 0 Å². The van der Waals surface area contributed by atoms with E-state index < -0.39 is 5.41 Å². The minimum atomic E-state index is -0.458. The molecule has 1 N–H and O–H groups in total. The van der Waals surface area contributed by atoms with Crippen molar-refractivity contribution in [3.05, 3.63) is 35.6 Å². The lowest BCUT2D eigenvalue weighted by molar-refractivity contribution is -0.142. The number of likely N-dealkylation sites (tertiary alicyclic amines) is 1. The average molecular weight is 318 g/mol. The van der Waals surface area contributed by atoms with Gasteiger partial charge in [-0.25, -0.2) is 4.39 Å². The summed E-state index contributed by atoms with van der Waals surface area (Å²) < 4.78 is 13.6. The minimum Gasteiger partial charge on any atom is -0.342 e. The van der Waals surface area contributed by atoms with Gasteiger partial charge in [0.25, 0.3) is 0 Å². The fourth-order valence-electron chi connectivity index (χ4n) is 4.02. The van der Waals surface area contributed by atoms with Gasteiger partial charge in [-0.2, -0.15) is 0 Å². The molecule has 0 aromatic heterocycles. The lowest BCUT2D eigenvalue weighted by Crippen LogP contribution is -2.53. The summed E-state index contributed by atoms with van der Waals surface area (Å²) in [4.78, 5) is 15.2. The smallest absolute Gasteiger partial charge is 0.233 e.